The van der Waals surface area contributed by atoms with Crippen LogP contribution in [0.3, 0.4) is 0 Å². The largest absolute Gasteiger partial charge is 0.374 e. The summed E-state index contributed by atoms with van der Waals surface area (Å²) in [6, 6.07) is 7.85. The van der Waals surface area contributed by atoms with E-state index in [1.165, 1.54) is 0 Å². The number of benzene rings is 1. The molecule has 0 heterocycles. The van der Waals surface area contributed by atoms with E-state index in [0.717, 1.165) is 43.5 Å². The smallest absolute Gasteiger partial charge is 0.251 e. The Labute approximate surface area is 215 Å². The molecule has 0 aromatic heterocycles. The van der Waals surface area contributed by atoms with Gasteiger partial charge in [-0.3, -0.25) is 9.59 Å². The highest BCUT2D eigenvalue weighted by Gasteiger charge is 2.10. The summed E-state index contributed by atoms with van der Waals surface area (Å²) in [6.45, 7) is 12.2. The maximum atomic E-state index is 12.3. The van der Waals surface area contributed by atoms with E-state index < -0.39 is 0 Å². The van der Waals surface area contributed by atoms with Crippen molar-refractivity contribution in [3.63, 3.8) is 0 Å². The van der Waals surface area contributed by atoms with Crippen molar-refractivity contribution in [1.29, 1.82) is 0 Å². The van der Waals surface area contributed by atoms with Crippen LogP contribution in [0.25, 0.3) is 0 Å². The van der Waals surface area contributed by atoms with E-state index in [4.69, 9.17) is 4.74 Å². The monoisotopic (exact) mass is 505 g/mol. The zero-order chi connectivity index (χ0) is 25.2. The first-order chi connectivity index (χ1) is 16.3. The second kappa shape index (κ2) is 18.9. The first kappa shape index (κ1) is 30.6. The average molecular weight is 506 g/mol. The van der Waals surface area contributed by atoms with Crippen LogP contribution >= 0.6 is 21.6 Å². The van der Waals surface area contributed by atoms with Gasteiger partial charge in [0.05, 0.1) is 0 Å². The van der Waals surface area contributed by atoms with E-state index in [0.29, 0.717) is 42.1 Å². The third-order valence-electron chi connectivity index (χ3n) is 5.09. The maximum absolute atomic E-state index is 12.3. The fourth-order valence-corrected chi connectivity index (χ4v) is 5.73. The number of carbonyl (C=O) groups is 2. The van der Waals surface area contributed by atoms with Gasteiger partial charge in [-0.15, -0.1) is 11.8 Å². The van der Waals surface area contributed by atoms with Gasteiger partial charge in [0.2, 0.25) is 0 Å². The SMILES string of the molecule is CCC(CCCOCC(=O)CCC#CC(C)C)SSc1ccc(C(=O)NCCCC(C)C)cc1. The van der Waals surface area contributed by atoms with Gasteiger partial charge in [-0.1, -0.05) is 56.2 Å². The number of hydrogen-bond acceptors (Lipinski definition) is 5. The number of nitrogens with one attached hydrogen (secondary N) is 1. The molecule has 1 rings (SSSR count). The van der Waals surface area contributed by atoms with Crippen LogP contribution in [0, 0.1) is 23.7 Å². The number of ketones is 1. The number of rotatable bonds is 17. The summed E-state index contributed by atoms with van der Waals surface area (Å²) in [4.78, 5) is 25.2. The summed E-state index contributed by atoms with van der Waals surface area (Å²) in [7, 11) is 3.62. The lowest BCUT2D eigenvalue weighted by Crippen LogP contribution is -2.24. The molecule has 0 radical (unpaired) electrons. The number of amides is 1. The van der Waals surface area contributed by atoms with Gasteiger partial charge in [-0.25, -0.2) is 0 Å². The molecule has 0 aliphatic rings. The normalized spacial score (nSPS) is 11.9. The Kier molecular flexibility index (Phi) is 17.0. The molecule has 1 aromatic carbocycles. The predicted molar refractivity (Wildman–Crippen MR) is 147 cm³/mol. The van der Waals surface area contributed by atoms with E-state index in [9.17, 15) is 9.59 Å². The summed E-state index contributed by atoms with van der Waals surface area (Å²) < 4.78 is 5.56. The van der Waals surface area contributed by atoms with Crippen molar-refractivity contribution < 1.29 is 14.3 Å². The van der Waals surface area contributed by atoms with E-state index in [1.807, 2.05) is 48.9 Å². The Morgan fingerprint density at radius 3 is 2.44 bits per heavy atom. The van der Waals surface area contributed by atoms with Gasteiger partial charge in [0.25, 0.3) is 5.91 Å². The minimum atomic E-state index is 0.00126. The van der Waals surface area contributed by atoms with E-state index >= 15 is 0 Å². The summed E-state index contributed by atoms with van der Waals surface area (Å²) in [5.41, 5.74) is 0.713. The van der Waals surface area contributed by atoms with Crippen molar-refractivity contribution >= 4 is 33.3 Å². The third kappa shape index (κ3) is 15.5. The highest BCUT2D eigenvalue weighted by atomic mass is 33.1. The molecule has 0 bridgehead atoms. The van der Waals surface area contributed by atoms with Crippen LogP contribution in [-0.4, -0.2) is 36.7 Å². The molecule has 190 valence electrons. The Bertz CT molecular complexity index is 766. The van der Waals surface area contributed by atoms with Crippen molar-refractivity contribution in [3.05, 3.63) is 29.8 Å². The minimum absolute atomic E-state index is 0.00126. The maximum Gasteiger partial charge on any atom is 0.251 e. The van der Waals surface area contributed by atoms with Crippen LogP contribution in [-0.2, 0) is 9.53 Å². The molecule has 34 heavy (non-hydrogen) atoms. The Morgan fingerprint density at radius 1 is 1.06 bits per heavy atom. The number of carbonyl (C=O) groups excluding carboxylic acids is 2. The van der Waals surface area contributed by atoms with E-state index in [-0.39, 0.29) is 18.3 Å². The van der Waals surface area contributed by atoms with Crippen molar-refractivity contribution in [3.8, 4) is 11.8 Å². The fourth-order valence-electron chi connectivity index (χ4n) is 3.07. The first-order valence-corrected chi connectivity index (χ1v) is 14.8. The zero-order valence-electron chi connectivity index (χ0n) is 21.7. The Balaban J connectivity index is 2.22. The van der Waals surface area contributed by atoms with Gasteiger partial charge in [0.15, 0.2) is 5.78 Å². The summed E-state index contributed by atoms with van der Waals surface area (Å²) >= 11 is 0. The van der Waals surface area contributed by atoms with Gasteiger partial charge in [-0.05, 0) is 62.3 Å². The second-order valence-electron chi connectivity index (χ2n) is 9.24. The minimum Gasteiger partial charge on any atom is -0.374 e. The molecule has 0 saturated heterocycles. The van der Waals surface area contributed by atoms with Gasteiger partial charge >= 0.3 is 0 Å². The lowest BCUT2D eigenvalue weighted by molar-refractivity contribution is -0.123. The van der Waals surface area contributed by atoms with Crippen LogP contribution in [0.1, 0.15) is 89.9 Å². The van der Waals surface area contributed by atoms with Crippen LogP contribution in [0.15, 0.2) is 29.2 Å². The molecule has 0 aliphatic heterocycles. The van der Waals surface area contributed by atoms with Gasteiger partial charge in [-0.2, -0.15) is 0 Å². The summed E-state index contributed by atoms with van der Waals surface area (Å²) in [6.07, 6.45) is 6.33. The van der Waals surface area contributed by atoms with Crippen molar-refractivity contribution in [2.24, 2.45) is 11.8 Å². The molecular weight excluding hydrogens is 462 g/mol. The van der Waals surface area contributed by atoms with Gasteiger partial charge < -0.3 is 10.1 Å². The van der Waals surface area contributed by atoms with Gasteiger partial charge in [0, 0.05) is 47.6 Å². The van der Waals surface area contributed by atoms with E-state index in [1.54, 1.807) is 10.8 Å². The van der Waals surface area contributed by atoms with Crippen LogP contribution in [0.2, 0.25) is 0 Å². The van der Waals surface area contributed by atoms with Crippen molar-refractivity contribution in [2.75, 3.05) is 19.8 Å². The van der Waals surface area contributed by atoms with Crippen LogP contribution in [0.5, 0.6) is 0 Å². The standard InChI is InChI=1S/C28H43NO3S2/c1-6-26(14-10-20-32-21-25(30)13-8-7-11-22(2)3)33-34-27-17-15-24(16-18-27)28(31)29-19-9-12-23(4)5/h15-18,22-23,26H,6,8-10,12-14,19-21H2,1-5H3,(H,29,31). The average Bonchev–Trinajstić information content (AvgIpc) is 2.81. The second-order valence-corrected chi connectivity index (χ2v) is 11.8. The lowest BCUT2D eigenvalue weighted by atomic mass is 10.1. The molecule has 6 heteroatoms. The third-order valence-corrected chi connectivity index (χ3v) is 8.18. The molecule has 0 saturated carbocycles. The molecule has 1 atom stereocenters. The molecule has 4 nitrogen and oxygen atoms in total. The summed E-state index contributed by atoms with van der Waals surface area (Å²) in [5, 5.41) is 3.53. The van der Waals surface area contributed by atoms with E-state index in [2.05, 4.69) is 37.9 Å². The molecule has 1 N–H and O–H groups in total. The lowest BCUT2D eigenvalue weighted by Gasteiger charge is -2.14. The molecule has 0 fully saturated rings. The molecule has 1 amide bonds. The molecule has 0 spiro atoms. The highest BCUT2D eigenvalue weighted by molar-refractivity contribution is 8.76. The molecular formula is C28H43NO3S2. The number of hydrogen-bond donors (Lipinski definition) is 1. The first-order valence-electron chi connectivity index (χ1n) is 12.6. The van der Waals surface area contributed by atoms with Crippen LogP contribution < -0.4 is 5.32 Å². The topological polar surface area (TPSA) is 55.4 Å². The highest BCUT2D eigenvalue weighted by Crippen LogP contribution is 2.37. The van der Waals surface area contributed by atoms with Crippen molar-refractivity contribution in [1.82, 2.24) is 5.32 Å². The zero-order valence-corrected chi connectivity index (χ0v) is 23.3. The fraction of sp³-hybridized carbons (Fsp3) is 0.643. The number of Topliss-reactive ketones (excluding diaryl/α,β-unsaturated/α-hetero) is 1. The Morgan fingerprint density at radius 2 is 1.79 bits per heavy atom. The summed E-state index contributed by atoms with van der Waals surface area (Å²) in [5.74, 6) is 7.26. The molecule has 0 aliphatic carbocycles. The molecule has 1 aromatic rings. The number of ether oxygens (including phenoxy) is 1. The molecule has 1 unspecified atom stereocenters. The van der Waals surface area contributed by atoms with Crippen LogP contribution in [0.4, 0.5) is 0 Å². The Hall–Kier alpha value is -1.42. The quantitative estimate of drug-likeness (QED) is 0.138. The van der Waals surface area contributed by atoms with Crippen molar-refractivity contribution in [2.45, 2.75) is 89.7 Å². The van der Waals surface area contributed by atoms with Gasteiger partial charge in [0.1, 0.15) is 6.61 Å². The predicted octanol–water partition coefficient (Wildman–Crippen LogP) is 7.18.